The molecule has 0 spiro atoms. The van der Waals surface area contributed by atoms with Gasteiger partial charge in [-0.1, -0.05) is 30.3 Å². The number of piperazine rings is 1. The van der Waals surface area contributed by atoms with Crippen LogP contribution in [0, 0.1) is 10.1 Å². The van der Waals surface area contributed by atoms with E-state index in [0.29, 0.717) is 31.1 Å². The molecule has 1 atom stereocenters. The maximum atomic E-state index is 12.7. The first-order valence-corrected chi connectivity index (χ1v) is 9.87. The third-order valence-corrected chi connectivity index (χ3v) is 6.68. The Morgan fingerprint density at radius 3 is 2.27 bits per heavy atom. The maximum absolute atomic E-state index is 12.7. The van der Waals surface area contributed by atoms with Crippen molar-refractivity contribution in [1.29, 1.82) is 0 Å². The second-order valence-electron chi connectivity index (χ2n) is 6.28. The van der Waals surface area contributed by atoms with Crippen molar-refractivity contribution in [1.82, 2.24) is 9.21 Å². The molecule has 0 aromatic heterocycles. The molecule has 26 heavy (non-hydrogen) atoms. The van der Waals surface area contributed by atoms with Crippen LogP contribution in [-0.2, 0) is 10.0 Å². The highest BCUT2D eigenvalue weighted by Crippen LogP contribution is 2.26. The van der Waals surface area contributed by atoms with Crippen LogP contribution >= 0.6 is 0 Å². The summed E-state index contributed by atoms with van der Waals surface area (Å²) in [6.45, 7) is 3.94. The van der Waals surface area contributed by atoms with Gasteiger partial charge in [-0.15, -0.1) is 0 Å². The average molecular weight is 375 g/mol. The van der Waals surface area contributed by atoms with Gasteiger partial charge >= 0.3 is 0 Å². The molecule has 3 rings (SSSR count). The first-order valence-electron chi connectivity index (χ1n) is 8.43. The largest absolute Gasteiger partial charge is 0.294 e. The number of rotatable bonds is 5. The zero-order valence-corrected chi connectivity index (χ0v) is 15.3. The number of nitrogens with zero attached hydrogens (tertiary/aromatic N) is 3. The van der Waals surface area contributed by atoms with Gasteiger partial charge in [-0.25, -0.2) is 8.42 Å². The number of hydrogen-bond donors (Lipinski definition) is 0. The van der Waals surface area contributed by atoms with Crippen molar-refractivity contribution in [2.45, 2.75) is 17.9 Å². The monoisotopic (exact) mass is 375 g/mol. The van der Waals surface area contributed by atoms with E-state index in [1.165, 1.54) is 10.4 Å². The lowest BCUT2D eigenvalue weighted by Crippen LogP contribution is -2.49. The fraction of sp³-hybridized carbons (Fsp3) is 0.333. The zero-order valence-electron chi connectivity index (χ0n) is 14.5. The van der Waals surface area contributed by atoms with Crippen LogP contribution in [0.4, 0.5) is 5.69 Å². The Morgan fingerprint density at radius 2 is 1.65 bits per heavy atom. The average Bonchev–Trinajstić information content (AvgIpc) is 2.68. The highest BCUT2D eigenvalue weighted by atomic mass is 32.2. The van der Waals surface area contributed by atoms with E-state index in [1.807, 2.05) is 13.0 Å². The third kappa shape index (κ3) is 3.77. The van der Waals surface area contributed by atoms with Gasteiger partial charge in [0.15, 0.2) is 0 Å². The van der Waals surface area contributed by atoms with E-state index in [2.05, 4.69) is 4.90 Å². The van der Waals surface area contributed by atoms with E-state index in [4.69, 9.17) is 0 Å². The lowest BCUT2D eigenvalue weighted by molar-refractivity contribution is -0.385. The van der Waals surface area contributed by atoms with E-state index >= 15 is 0 Å². The molecule has 1 aliphatic heterocycles. The fourth-order valence-electron chi connectivity index (χ4n) is 3.18. The van der Waals surface area contributed by atoms with Crippen LogP contribution in [0.2, 0.25) is 0 Å². The van der Waals surface area contributed by atoms with E-state index in [0.717, 1.165) is 5.56 Å². The molecule has 1 fully saturated rings. The number of nitro groups is 1. The molecule has 7 nitrogen and oxygen atoms in total. The van der Waals surface area contributed by atoms with Gasteiger partial charge < -0.3 is 0 Å². The molecule has 1 aliphatic rings. The van der Waals surface area contributed by atoms with Crippen molar-refractivity contribution in [3.8, 4) is 0 Å². The van der Waals surface area contributed by atoms with Gasteiger partial charge in [0.05, 0.1) is 9.82 Å². The van der Waals surface area contributed by atoms with E-state index in [-0.39, 0.29) is 11.7 Å². The van der Waals surface area contributed by atoms with Crippen LogP contribution in [0.1, 0.15) is 18.5 Å². The summed E-state index contributed by atoms with van der Waals surface area (Å²) >= 11 is 0. The highest BCUT2D eigenvalue weighted by molar-refractivity contribution is 7.89. The van der Waals surface area contributed by atoms with Crippen molar-refractivity contribution in [2.75, 3.05) is 26.2 Å². The molecule has 1 heterocycles. The zero-order chi connectivity index (χ0) is 18.7. The molecule has 0 saturated carbocycles. The molecule has 0 N–H and O–H groups in total. The van der Waals surface area contributed by atoms with E-state index in [1.54, 1.807) is 42.5 Å². The summed E-state index contributed by atoms with van der Waals surface area (Å²) in [5.41, 5.74) is 0.929. The van der Waals surface area contributed by atoms with Gasteiger partial charge in [-0.3, -0.25) is 15.0 Å². The number of hydrogen-bond acceptors (Lipinski definition) is 5. The molecule has 0 unspecified atom stereocenters. The molecule has 138 valence electrons. The summed E-state index contributed by atoms with van der Waals surface area (Å²) in [7, 11) is -3.48. The van der Waals surface area contributed by atoms with Gasteiger partial charge in [0.25, 0.3) is 5.69 Å². The highest BCUT2D eigenvalue weighted by Gasteiger charge is 2.30. The predicted molar refractivity (Wildman–Crippen MR) is 98.3 cm³/mol. The Balaban J connectivity index is 1.69. The smallest absolute Gasteiger partial charge is 0.269 e. The Morgan fingerprint density at radius 1 is 1.00 bits per heavy atom. The Labute approximate surface area is 153 Å². The number of non-ortho nitro benzene ring substituents is 1. The van der Waals surface area contributed by atoms with Crippen molar-refractivity contribution in [3.63, 3.8) is 0 Å². The van der Waals surface area contributed by atoms with Gasteiger partial charge in [-0.05, 0) is 24.6 Å². The third-order valence-electron chi connectivity index (χ3n) is 4.77. The van der Waals surface area contributed by atoms with Crippen LogP contribution < -0.4 is 0 Å². The maximum Gasteiger partial charge on any atom is 0.269 e. The van der Waals surface area contributed by atoms with Crippen LogP contribution in [-0.4, -0.2) is 48.7 Å². The van der Waals surface area contributed by atoms with E-state index < -0.39 is 14.9 Å². The van der Waals surface area contributed by atoms with Gasteiger partial charge in [0, 0.05) is 44.4 Å². The van der Waals surface area contributed by atoms with Crippen molar-refractivity contribution >= 4 is 15.7 Å². The molecule has 0 aliphatic carbocycles. The van der Waals surface area contributed by atoms with E-state index in [9.17, 15) is 18.5 Å². The SMILES string of the molecule is C[C@@H](c1cccc([N+](=O)[O-])c1)N1CCN(S(=O)(=O)c2ccccc2)CC1. The molecule has 2 aromatic rings. The van der Waals surface area contributed by atoms with Crippen molar-refractivity contribution < 1.29 is 13.3 Å². The number of benzene rings is 2. The van der Waals surface area contributed by atoms with Gasteiger partial charge in [0.2, 0.25) is 10.0 Å². The second kappa shape index (κ2) is 7.53. The molecular weight excluding hydrogens is 354 g/mol. The van der Waals surface area contributed by atoms with Crippen LogP contribution in [0.5, 0.6) is 0 Å². The quantitative estimate of drug-likeness (QED) is 0.593. The van der Waals surface area contributed by atoms with Crippen molar-refractivity contribution in [2.24, 2.45) is 0 Å². The first-order chi connectivity index (χ1) is 12.4. The standard InChI is InChI=1S/C18H21N3O4S/c1-15(16-6-5-7-17(14-16)21(22)23)19-10-12-20(13-11-19)26(24,25)18-8-3-2-4-9-18/h2-9,14-15H,10-13H2,1H3/t15-/m0/s1. The molecule has 2 aromatic carbocycles. The summed E-state index contributed by atoms with van der Waals surface area (Å²) in [6, 6.07) is 15.0. The van der Waals surface area contributed by atoms with Crippen LogP contribution in [0.25, 0.3) is 0 Å². The minimum Gasteiger partial charge on any atom is -0.294 e. The summed E-state index contributed by atoms with van der Waals surface area (Å²) in [4.78, 5) is 13.0. The minimum absolute atomic E-state index is 0.0171. The Hall–Kier alpha value is -2.29. The van der Waals surface area contributed by atoms with Crippen LogP contribution in [0.3, 0.4) is 0 Å². The summed E-state index contributed by atoms with van der Waals surface area (Å²) in [6.07, 6.45) is 0. The summed E-state index contributed by atoms with van der Waals surface area (Å²) in [5, 5.41) is 11.0. The van der Waals surface area contributed by atoms with Crippen molar-refractivity contribution in [3.05, 3.63) is 70.3 Å². The van der Waals surface area contributed by atoms with Crippen LogP contribution in [0.15, 0.2) is 59.5 Å². The molecule has 0 amide bonds. The first kappa shape index (κ1) is 18.5. The van der Waals surface area contributed by atoms with Gasteiger partial charge in [0.1, 0.15) is 0 Å². The Kier molecular flexibility index (Phi) is 5.36. The summed E-state index contributed by atoms with van der Waals surface area (Å²) in [5.74, 6) is 0. The second-order valence-corrected chi connectivity index (χ2v) is 8.22. The molecule has 0 radical (unpaired) electrons. The normalized spacial score (nSPS) is 17.7. The Bertz CT molecular complexity index is 878. The lowest BCUT2D eigenvalue weighted by atomic mass is 10.1. The molecule has 1 saturated heterocycles. The summed E-state index contributed by atoms with van der Waals surface area (Å²) < 4.78 is 26.9. The molecular formula is C18H21N3O4S. The lowest BCUT2D eigenvalue weighted by Gasteiger charge is -2.37. The molecule has 0 bridgehead atoms. The number of nitro benzene ring substituents is 1. The fourth-order valence-corrected chi connectivity index (χ4v) is 4.63. The topological polar surface area (TPSA) is 83.8 Å². The molecule has 8 heteroatoms. The predicted octanol–water partition coefficient (Wildman–Crippen LogP) is 2.66. The minimum atomic E-state index is -3.48. The number of sulfonamides is 1. The van der Waals surface area contributed by atoms with Gasteiger partial charge in [-0.2, -0.15) is 4.31 Å².